The van der Waals surface area contributed by atoms with Gasteiger partial charge >= 0.3 is 7.82 Å². The van der Waals surface area contributed by atoms with Crippen LogP contribution in [0.15, 0.2) is 0 Å². The van der Waals surface area contributed by atoms with E-state index in [1.54, 1.807) is 0 Å². The van der Waals surface area contributed by atoms with Gasteiger partial charge in [-0.05, 0) is 6.42 Å². The lowest BCUT2D eigenvalue weighted by Crippen LogP contribution is -2.29. The zero-order valence-corrected chi connectivity index (χ0v) is 7.91. The van der Waals surface area contributed by atoms with Crippen molar-refractivity contribution in [3.8, 4) is 0 Å². The van der Waals surface area contributed by atoms with Crippen molar-refractivity contribution in [2.45, 2.75) is 13.3 Å². The molecule has 0 saturated heterocycles. The Bertz CT molecular complexity index is 154. The maximum Gasteiger partial charge on any atom is 0.486 e. The molecule has 6 nitrogen and oxygen atoms in total. The fourth-order valence-corrected chi connectivity index (χ4v) is 1.20. The van der Waals surface area contributed by atoms with E-state index in [4.69, 9.17) is 15.5 Å². The molecule has 74 valence electrons. The molecule has 0 aliphatic carbocycles. The Morgan fingerprint density at radius 3 is 2.42 bits per heavy atom. The number of hydrogen-bond donors (Lipinski definition) is 3. The molecule has 0 aliphatic heterocycles. The normalized spacial score (nSPS) is 12.4. The van der Waals surface area contributed by atoms with Crippen molar-refractivity contribution in [1.82, 2.24) is 5.06 Å². The van der Waals surface area contributed by atoms with E-state index in [0.717, 1.165) is 6.42 Å². The highest BCUT2D eigenvalue weighted by Crippen LogP contribution is 2.36. The SMILES string of the molecule is CCCN(CCN)OP(=O)(O)O. The molecule has 0 heterocycles. The highest BCUT2D eigenvalue weighted by Gasteiger charge is 2.19. The van der Waals surface area contributed by atoms with Gasteiger partial charge in [-0.3, -0.25) is 0 Å². The predicted octanol–water partition coefficient (Wildman–Crippen LogP) is -0.319. The highest BCUT2D eigenvalue weighted by molar-refractivity contribution is 7.46. The third-order valence-electron chi connectivity index (χ3n) is 1.07. The van der Waals surface area contributed by atoms with E-state index < -0.39 is 7.82 Å². The number of phosphoric acid groups is 1. The Hall–Kier alpha value is 0.0300. The molecule has 7 heteroatoms. The molecule has 0 saturated carbocycles. The fraction of sp³-hybridized carbons (Fsp3) is 1.00. The number of rotatable bonds is 6. The first kappa shape index (κ1) is 12.0. The molecule has 0 radical (unpaired) electrons. The Labute approximate surface area is 71.5 Å². The molecule has 0 spiro atoms. The zero-order chi connectivity index (χ0) is 9.61. The van der Waals surface area contributed by atoms with Crippen LogP contribution in [0.25, 0.3) is 0 Å². The standard InChI is InChI=1S/C5H15N2O4P/c1-2-4-7(5-3-6)11-12(8,9)10/h2-6H2,1H3,(H2,8,9,10). The van der Waals surface area contributed by atoms with Crippen molar-refractivity contribution < 1.29 is 19.0 Å². The predicted molar refractivity (Wildman–Crippen MR) is 44.0 cm³/mol. The van der Waals surface area contributed by atoms with Crippen molar-refractivity contribution in [3.63, 3.8) is 0 Å². The van der Waals surface area contributed by atoms with E-state index in [-0.39, 0.29) is 0 Å². The fourth-order valence-electron chi connectivity index (χ4n) is 0.737. The van der Waals surface area contributed by atoms with Gasteiger partial charge in [-0.2, -0.15) is 9.69 Å². The smallest absolute Gasteiger partial charge is 0.329 e. The van der Waals surface area contributed by atoms with Gasteiger partial charge in [0.15, 0.2) is 0 Å². The average Bonchev–Trinajstić information content (AvgIpc) is 1.84. The first-order chi connectivity index (χ1) is 5.49. The second-order valence-electron chi connectivity index (χ2n) is 2.29. The lowest BCUT2D eigenvalue weighted by atomic mass is 10.4. The molecule has 0 rings (SSSR count). The Morgan fingerprint density at radius 2 is 2.08 bits per heavy atom. The molecule has 0 aromatic rings. The molecule has 12 heavy (non-hydrogen) atoms. The largest absolute Gasteiger partial charge is 0.486 e. The Kier molecular flexibility index (Phi) is 5.65. The van der Waals surface area contributed by atoms with Gasteiger partial charge in [0.05, 0.1) is 0 Å². The third kappa shape index (κ3) is 6.72. The Morgan fingerprint density at radius 1 is 1.50 bits per heavy atom. The molecule has 4 N–H and O–H groups in total. The van der Waals surface area contributed by atoms with Crippen LogP contribution in [0.4, 0.5) is 0 Å². The van der Waals surface area contributed by atoms with E-state index in [2.05, 4.69) is 4.62 Å². The first-order valence-corrected chi connectivity index (χ1v) is 5.23. The second-order valence-corrected chi connectivity index (χ2v) is 3.43. The summed E-state index contributed by atoms with van der Waals surface area (Å²) >= 11 is 0. The summed E-state index contributed by atoms with van der Waals surface area (Å²) in [5, 5.41) is 1.18. The van der Waals surface area contributed by atoms with Crippen molar-refractivity contribution in [2.24, 2.45) is 5.73 Å². The minimum absolute atomic E-state index is 0.306. The van der Waals surface area contributed by atoms with Crippen LogP contribution in [0.1, 0.15) is 13.3 Å². The first-order valence-electron chi connectivity index (χ1n) is 3.70. The number of hydroxylamine groups is 2. The molecule has 0 aromatic carbocycles. The summed E-state index contributed by atoms with van der Waals surface area (Å²) in [5.74, 6) is 0. The van der Waals surface area contributed by atoms with Crippen molar-refractivity contribution in [3.05, 3.63) is 0 Å². The maximum absolute atomic E-state index is 10.4. The van der Waals surface area contributed by atoms with Gasteiger partial charge in [-0.15, -0.1) is 0 Å². The highest BCUT2D eigenvalue weighted by atomic mass is 31.2. The summed E-state index contributed by atoms with van der Waals surface area (Å²) in [7, 11) is -4.41. The molecular weight excluding hydrogens is 183 g/mol. The van der Waals surface area contributed by atoms with Gasteiger partial charge in [0.1, 0.15) is 0 Å². The second kappa shape index (κ2) is 5.64. The summed E-state index contributed by atoms with van der Waals surface area (Å²) < 4.78 is 14.7. The topological polar surface area (TPSA) is 96.0 Å². The zero-order valence-electron chi connectivity index (χ0n) is 7.01. The molecule has 0 aromatic heterocycles. The lowest BCUT2D eigenvalue weighted by Gasteiger charge is -2.19. The van der Waals surface area contributed by atoms with Crippen molar-refractivity contribution in [1.29, 1.82) is 0 Å². The lowest BCUT2D eigenvalue weighted by molar-refractivity contribution is -0.0781. The molecular formula is C5H15N2O4P. The van der Waals surface area contributed by atoms with Crippen molar-refractivity contribution >= 4 is 7.82 Å². The minimum Gasteiger partial charge on any atom is -0.329 e. The van der Waals surface area contributed by atoms with Gasteiger partial charge in [0.2, 0.25) is 0 Å². The van der Waals surface area contributed by atoms with Crippen LogP contribution >= 0.6 is 7.82 Å². The van der Waals surface area contributed by atoms with E-state index >= 15 is 0 Å². The molecule has 0 bridgehead atoms. The van der Waals surface area contributed by atoms with Crippen LogP contribution in [0, 0.1) is 0 Å². The van der Waals surface area contributed by atoms with E-state index in [0.29, 0.717) is 19.6 Å². The summed E-state index contributed by atoms with van der Waals surface area (Å²) in [4.78, 5) is 16.9. The summed E-state index contributed by atoms with van der Waals surface area (Å²) in [6.45, 7) is 2.97. The van der Waals surface area contributed by atoms with E-state index in [9.17, 15) is 4.57 Å². The van der Waals surface area contributed by atoms with Gasteiger partial charge in [0, 0.05) is 19.6 Å². The number of nitrogens with zero attached hydrogens (tertiary/aromatic N) is 1. The van der Waals surface area contributed by atoms with Gasteiger partial charge in [-0.1, -0.05) is 6.92 Å². The van der Waals surface area contributed by atoms with Crippen LogP contribution in [0.2, 0.25) is 0 Å². The van der Waals surface area contributed by atoms with Gasteiger partial charge < -0.3 is 15.5 Å². The minimum atomic E-state index is -4.41. The molecule has 0 amide bonds. The van der Waals surface area contributed by atoms with E-state index in [1.165, 1.54) is 5.06 Å². The molecule has 0 aliphatic rings. The molecule has 0 fully saturated rings. The van der Waals surface area contributed by atoms with Gasteiger partial charge in [0.25, 0.3) is 0 Å². The maximum atomic E-state index is 10.4. The van der Waals surface area contributed by atoms with Crippen LogP contribution in [-0.4, -0.2) is 34.5 Å². The van der Waals surface area contributed by atoms with Crippen LogP contribution in [0.3, 0.4) is 0 Å². The number of hydrogen-bond acceptors (Lipinski definition) is 4. The van der Waals surface area contributed by atoms with Crippen LogP contribution < -0.4 is 5.73 Å². The Balaban J connectivity index is 3.86. The molecule has 0 atom stereocenters. The van der Waals surface area contributed by atoms with Crippen LogP contribution in [0.5, 0.6) is 0 Å². The van der Waals surface area contributed by atoms with E-state index in [1.807, 2.05) is 6.92 Å². The molecule has 0 unspecified atom stereocenters. The van der Waals surface area contributed by atoms with Crippen LogP contribution in [-0.2, 0) is 9.19 Å². The summed E-state index contributed by atoms with van der Waals surface area (Å²) in [5.41, 5.74) is 5.20. The average molecular weight is 198 g/mol. The quantitative estimate of drug-likeness (QED) is 0.400. The summed E-state index contributed by atoms with van der Waals surface area (Å²) in [6, 6.07) is 0. The van der Waals surface area contributed by atoms with Crippen molar-refractivity contribution in [2.75, 3.05) is 19.6 Å². The third-order valence-corrected chi connectivity index (χ3v) is 1.52. The number of nitrogens with two attached hydrogens (primary N) is 1. The monoisotopic (exact) mass is 198 g/mol. The summed E-state index contributed by atoms with van der Waals surface area (Å²) in [6.07, 6.45) is 0.750. The van der Waals surface area contributed by atoms with Gasteiger partial charge in [-0.25, -0.2) is 4.57 Å².